The van der Waals surface area contributed by atoms with Crippen LogP contribution in [0.2, 0.25) is 0 Å². The minimum atomic E-state index is -5.75. The van der Waals surface area contributed by atoms with Gasteiger partial charge in [-0.05, 0) is 0 Å². The second-order valence-corrected chi connectivity index (χ2v) is 5.05. The molecule has 0 saturated carbocycles. The predicted octanol–water partition coefficient (Wildman–Crippen LogP) is -7.86. The summed E-state index contributed by atoms with van der Waals surface area (Å²) in [5, 5.41) is 0. The molecule has 17 heavy (non-hydrogen) atoms. The van der Waals surface area contributed by atoms with E-state index in [4.69, 9.17) is 47.8 Å². The molecule has 0 fully saturated rings. The zero-order valence-electron chi connectivity index (χ0n) is 7.02. The summed E-state index contributed by atoms with van der Waals surface area (Å²) in [4.78, 5) is 0. The van der Waals surface area contributed by atoms with Crippen molar-refractivity contribution in [2.24, 2.45) is 0 Å². The Morgan fingerprint density at radius 2 is 0.412 bits per heavy atom. The van der Waals surface area contributed by atoms with Crippen molar-refractivity contribution in [1.29, 1.82) is 0 Å². The van der Waals surface area contributed by atoms with E-state index in [1.165, 1.54) is 0 Å². The standard InChI is InChI=1S/3Cr.2Nb.12O/q;;;2*+3;;;;;;;6*-1. The second kappa shape index (κ2) is 12.7. The number of hydrogen-bond donors (Lipinski definition) is 0. The molecule has 0 unspecified atom stereocenters. The van der Waals surface area contributed by atoms with E-state index < -0.39 is 40.8 Å². The fraction of sp³-hybridized carbons (Fsp3) is 0. The summed E-state index contributed by atoms with van der Waals surface area (Å²) >= 11 is -17.2. The van der Waals surface area contributed by atoms with E-state index in [1.54, 1.807) is 0 Å². The molecule has 0 radical (unpaired) electrons. The molecule has 100 valence electrons. The van der Waals surface area contributed by atoms with Crippen molar-refractivity contribution in [3.8, 4) is 0 Å². The van der Waals surface area contributed by atoms with Gasteiger partial charge in [0.2, 0.25) is 0 Å². The summed E-state index contributed by atoms with van der Waals surface area (Å²) in [7, 11) is 0. The van der Waals surface area contributed by atoms with Crippen molar-refractivity contribution >= 4 is 0 Å². The monoisotopic (exact) mass is 534 g/mol. The van der Waals surface area contributed by atoms with E-state index in [2.05, 4.69) is 0 Å². The molecule has 0 aromatic rings. The van der Waals surface area contributed by atoms with E-state index in [9.17, 15) is 0 Å². The molecule has 0 saturated heterocycles. The van der Waals surface area contributed by atoms with Crippen LogP contribution in [0.25, 0.3) is 0 Å². The molecule has 0 N–H and O–H groups in total. The molecule has 0 aromatic carbocycles. The van der Waals surface area contributed by atoms with Crippen LogP contribution >= 0.6 is 0 Å². The first-order chi connectivity index (χ1) is 6.00. The van der Waals surface area contributed by atoms with Gasteiger partial charge in [-0.3, -0.25) is 0 Å². The van der Waals surface area contributed by atoms with Crippen molar-refractivity contribution in [2.75, 3.05) is 0 Å². The zero-order chi connectivity index (χ0) is 13.5. The van der Waals surface area contributed by atoms with E-state index in [0.29, 0.717) is 0 Å². The first-order valence-corrected chi connectivity index (χ1v) is 8.25. The minimum absolute atomic E-state index is 0. The van der Waals surface area contributed by atoms with E-state index in [0.717, 1.165) is 0 Å². The van der Waals surface area contributed by atoms with Gasteiger partial charge in [-0.1, -0.05) is 0 Å². The Kier molecular flexibility index (Phi) is 23.2. The molecule has 0 aliphatic heterocycles. The normalized spacial score (nSPS) is 10.2. The van der Waals surface area contributed by atoms with Crippen LogP contribution in [0.3, 0.4) is 0 Å². The molecule has 0 rings (SSSR count). The molecule has 0 aliphatic rings. The molecule has 17 heteroatoms. The summed E-state index contributed by atoms with van der Waals surface area (Å²) in [5.41, 5.74) is 0. The zero-order valence-corrected chi connectivity index (χ0v) is 15.2. The molecular weight excluding hydrogens is 534 g/mol. The summed E-state index contributed by atoms with van der Waals surface area (Å²) < 4.78 is 103. The third-order valence-corrected chi connectivity index (χ3v) is 0. The predicted molar refractivity (Wildman–Crippen MR) is 4.12 cm³/mol. The third-order valence-electron chi connectivity index (χ3n) is 0. The Morgan fingerprint density at radius 3 is 0.412 bits per heavy atom. The summed E-state index contributed by atoms with van der Waals surface area (Å²) in [6, 6.07) is 0. The van der Waals surface area contributed by atoms with Gasteiger partial charge in [0.15, 0.2) is 0 Å². The summed E-state index contributed by atoms with van der Waals surface area (Å²) in [5.74, 6) is 0. The van der Waals surface area contributed by atoms with E-state index in [-0.39, 0.29) is 44.8 Å². The molecule has 0 atom stereocenters. The maximum absolute atomic E-state index is 8.59. The molecular formula is Cr3Nb2O12. The van der Waals surface area contributed by atoms with Crippen molar-refractivity contribution in [3.63, 3.8) is 0 Å². The SMILES string of the molecule is [Nb+3].[Nb+3].[O]=[Cr](=[O])([O-])[O-].[O]=[Cr](=[O])([O-])[O-].[O]=[Cr](=[O])([O-])[O-]. The van der Waals surface area contributed by atoms with Gasteiger partial charge >= 0.3 is 133 Å². The van der Waals surface area contributed by atoms with Crippen LogP contribution in [-0.4, -0.2) is 0 Å². The van der Waals surface area contributed by atoms with Gasteiger partial charge in [0.05, 0.1) is 0 Å². The first-order valence-electron chi connectivity index (χ1n) is 2.00. The molecule has 0 aromatic heterocycles. The van der Waals surface area contributed by atoms with Crippen LogP contribution in [0.4, 0.5) is 0 Å². The van der Waals surface area contributed by atoms with Crippen LogP contribution in [0.15, 0.2) is 0 Å². The fourth-order valence-electron chi connectivity index (χ4n) is 0. The Balaban J connectivity index is -0.0000000400. The fourth-order valence-corrected chi connectivity index (χ4v) is 0. The van der Waals surface area contributed by atoms with E-state index in [1.807, 2.05) is 0 Å². The first kappa shape index (κ1) is 31.2. The third kappa shape index (κ3) is 1610. The number of hydrogen-bond acceptors (Lipinski definition) is 12. The van der Waals surface area contributed by atoms with Crippen LogP contribution in [0.5, 0.6) is 0 Å². The van der Waals surface area contributed by atoms with Gasteiger partial charge in [-0.2, -0.15) is 0 Å². The molecule has 0 bridgehead atoms. The molecule has 0 amide bonds. The maximum atomic E-state index is 8.59. The number of rotatable bonds is 0. The van der Waals surface area contributed by atoms with Gasteiger partial charge in [0.1, 0.15) is 0 Å². The Bertz CT molecular complexity index is 341. The van der Waals surface area contributed by atoms with Crippen molar-refractivity contribution < 1.29 is 133 Å². The quantitative estimate of drug-likeness (QED) is 0.263. The Labute approximate surface area is 132 Å². The van der Waals surface area contributed by atoms with Gasteiger partial charge in [0, 0.05) is 0 Å². The van der Waals surface area contributed by atoms with Gasteiger partial charge < -0.3 is 0 Å². The average molecular weight is 534 g/mol. The van der Waals surface area contributed by atoms with Crippen LogP contribution < -0.4 is 24.9 Å². The molecule has 0 spiro atoms. The topological polar surface area (TPSA) is 241 Å². The summed E-state index contributed by atoms with van der Waals surface area (Å²) in [6.07, 6.45) is 0. The van der Waals surface area contributed by atoms with Crippen molar-refractivity contribution in [2.45, 2.75) is 0 Å². The van der Waals surface area contributed by atoms with Crippen LogP contribution in [0, 0.1) is 0 Å². The Morgan fingerprint density at radius 1 is 0.412 bits per heavy atom. The van der Waals surface area contributed by atoms with Crippen molar-refractivity contribution in [1.82, 2.24) is 0 Å². The molecule has 0 aliphatic carbocycles. The average Bonchev–Trinajstić information content (AvgIpc) is 1.41. The van der Waals surface area contributed by atoms with Crippen LogP contribution in [0.1, 0.15) is 0 Å². The van der Waals surface area contributed by atoms with Gasteiger partial charge in [-0.25, -0.2) is 0 Å². The van der Waals surface area contributed by atoms with Gasteiger partial charge in [-0.15, -0.1) is 0 Å². The summed E-state index contributed by atoms with van der Waals surface area (Å²) in [6.45, 7) is 0. The van der Waals surface area contributed by atoms with Crippen LogP contribution in [-0.2, 0) is 108 Å². The van der Waals surface area contributed by atoms with E-state index >= 15 is 0 Å². The Hall–Kier alpha value is 1.64. The van der Waals surface area contributed by atoms with Crippen molar-refractivity contribution in [3.05, 3.63) is 0 Å². The second-order valence-electron chi connectivity index (χ2n) is 1.22. The van der Waals surface area contributed by atoms with Gasteiger partial charge in [0.25, 0.3) is 0 Å². The molecule has 12 nitrogen and oxygen atoms in total. The molecule has 0 heterocycles.